The Balaban J connectivity index is 1.64. The number of hydrogen-bond donors (Lipinski definition) is 1. The minimum atomic E-state index is 0.293. The van der Waals surface area contributed by atoms with Crippen molar-refractivity contribution in [3.05, 3.63) is 48.0 Å². The van der Waals surface area contributed by atoms with Gasteiger partial charge in [-0.2, -0.15) is 0 Å². The molecule has 0 amide bonds. The van der Waals surface area contributed by atoms with E-state index in [4.69, 9.17) is 0 Å². The molecule has 0 radical (unpaired) electrons. The molecule has 106 valence electrons. The van der Waals surface area contributed by atoms with Crippen LogP contribution in [0, 0.1) is 5.92 Å². The van der Waals surface area contributed by atoms with Crippen molar-refractivity contribution in [2.24, 2.45) is 5.92 Å². The van der Waals surface area contributed by atoms with Gasteiger partial charge in [-0.1, -0.05) is 36.8 Å². The van der Waals surface area contributed by atoms with E-state index in [0.29, 0.717) is 17.6 Å². The number of hydrogen-bond acceptors (Lipinski definition) is 5. The summed E-state index contributed by atoms with van der Waals surface area (Å²) in [5.41, 5.74) is 1.96. The smallest absolute Gasteiger partial charge is 0.200 e. The van der Waals surface area contributed by atoms with Gasteiger partial charge in [0.2, 0.25) is 0 Å². The lowest BCUT2D eigenvalue weighted by Gasteiger charge is -2.34. The third-order valence-corrected chi connectivity index (χ3v) is 4.15. The van der Waals surface area contributed by atoms with Crippen molar-refractivity contribution < 1.29 is 0 Å². The lowest BCUT2D eigenvalue weighted by molar-refractivity contribution is 0.276. The van der Waals surface area contributed by atoms with Crippen LogP contribution in [0.15, 0.2) is 42.5 Å². The zero-order valence-electron chi connectivity index (χ0n) is 11.6. The van der Waals surface area contributed by atoms with Crippen LogP contribution in [-0.4, -0.2) is 25.3 Å². The van der Waals surface area contributed by atoms with Gasteiger partial charge in [-0.15, -0.1) is 14.8 Å². The van der Waals surface area contributed by atoms with Gasteiger partial charge in [-0.3, -0.25) is 0 Å². The van der Waals surface area contributed by atoms with Gasteiger partial charge < -0.3 is 5.32 Å². The fourth-order valence-corrected chi connectivity index (χ4v) is 2.79. The minimum absolute atomic E-state index is 0.293. The molecule has 0 saturated heterocycles. The first-order valence-electron chi connectivity index (χ1n) is 7.27. The van der Waals surface area contributed by atoms with E-state index in [9.17, 15) is 0 Å². The van der Waals surface area contributed by atoms with Crippen LogP contribution >= 0.6 is 0 Å². The quantitative estimate of drug-likeness (QED) is 0.795. The lowest BCUT2D eigenvalue weighted by Crippen LogP contribution is -2.27. The number of nitrogens with one attached hydrogen (secondary N) is 1. The summed E-state index contributed by atoms with van der Waals surface area (Å²) >= 11 is 0. The Labute approximate surface area is 122 Å². The van der Waals surface area contributed by atoms with E-state index in [2.05, 4.69) is 50.2 Å². The Bertz CT molecular complexity index is 734. The van der Waals surface area contributed by atoms with Crippen LogP contribution in [0.5, 0.6) is 0 Å². The summed E-state index contributed by atoms with van der Waals surface area (Å²) in [6.07, 6.45) is 3.84. The van der Waals surface area contributed by atoms with Crippen molar-refractivity contribution in [3.8, 4) is 0 Å². The summed E-state index contributed by atoms with van der Waals surface area (Å²) in [5.74, 6) is 1.47. The van der Waals surface area contributed by atoms with E-state index in [0.717, 1.165) is 5.82 Å². The third-order valence-electron chi connectivity index (χ3n) is 4.15. The van der Waals surface area contributed by atoms with E-state index in [-0.39, 0.29) is 0 Å². The maximum atomic E-state index is 4.41. The molecule has 4 rings (SSSR count). The van der Waals surface area contributed by atoms with Crippen LogP contribution in [0.3, 0.4) is 0 Å². The standard InChI is InChI=1S/C15H16N6/c1-2-5-11(6-3-1)15(12-7-4-8-12)16-13-9-10-14-17-19-20-21(14)18-13/h1-3,5-6,9-10,12,15H,4,7-8H2,(H,16,18)/t15-/m1/s1. The topological polar surface area (TPSA) is 68.0 Å². The second-order valence-corrected chi connectivity index (χ2v) is 5.47. The molecule has 6 nitrogen and oxygen atoms in total. The molecule has 1 aromatic carbocycles. The lowest BCUT2D eigenvalue weighted by atomic mass is 9.77. The normalized spacial score (nSPS) is 16.6. The SMILES string of the molecule is c1ccc([C@@H](Nc2ccc3nnnn3n2)C2CCC2)cc1. The molecular formula is C15H16N6. The molecule has 6 heteroatoms. The number of aromatic nitrogens is 5. The Morgan fingerprint density at radius 1 is 1.10 bits per heavy atom. The first-order valence-corrected chi connectivity index (χ1v) is 7.27. The predicted molar refractivity (Wildman–Crippen MR) is 78.7 cm³/mol. The number of rotatable bonds is 4. The van der Waals surface area contributed by atoms with Crippen LogP contribution in [0.2, 0.25) is 0 Å². The molecule has 1 aliphatic rings. The van der Waals surface area contributed by atoms with Gasteiger partial charge in [0, 0.05) is 0 Å². The van der Waals surface area contributed by atoms with Crippen molar-refractivity contribution in [1.82, 2.24) is 25.3 Å². The van der Waals surface area contributed by atoms with Crippen LogP contribution in [0.4, 0.5) is 5.82 Å². The number of benzene rings is 1. The zero-order valence-corrected chi connectivity index (χ0v) is 11.6. The molecule has 0 unspecified atom stereocenters. The van der Waals surface area contributed by atoms with Crippen molar-refractivity contribution in [1.29, 1.82) is 0 Å². The summed E-state index contributed by atoms with van der Waals surface area (Å²) in [6.45, 7) is 0. The molecule has 1 saturated carbocycles. The molecule has 0 bridgehead atoms. The second-order valence-electron chi connectivity index (χ2n) is 5.47. The third kappa shape index (κ3) is 2.33. The molecular weight excluding hydrogens is 264 g/mol. The fraction of sp³-hybridized carbons (Fsp3) is 0.333. The fourth-order valence-electron chi connectivity index (χ4n) is 2.79. The van der Waals surface area contributed by atoms with Gasteiger partial charge in [-0.25, -0.2) is 0 Å². The predicted octanol–water partition coefficient (Wildman–Crippen LogP) is 2.47. The molecule has 21 heavy (non-hydrogen) atoms. The largest absolute Gasteiger partial charge is 0.361 e. The highest BCUT2D eigenvalue weighted by molar-refractivity contribution is 5.44. The van der Waals surface area contributed by atoms with Crippen LogP contribution in [-0.2, 0) is 0 Å². The Hall–Kier alpha value is -2.50. The van der Waals surface area contributed by atoms with Gasteiger partial charge >= 0.3 is 0 Å². The molecule has 2 aromatic heterocycles. The summed E-state index contributed by atoms with van der Waals surface area (Å²) in [6, 6.07) is 14.7. The summed E-state index contributed by atoms with van der Waals surface area (Å²) in [5, 5.41) is 19.3. The van der Waals surface area contributed by atoms with E-state index >= 15 is 0 Å². The highest BCUT2D eigenvalue weighted by Gasteiger charge is 2.28. The average Bonchev–Trinajstić information content (AvgIpc) is 2.93. The van der Waals surface area contributed by atoms with E-state index < -0.39 is 0 Å². The molecule has 3 aromatic rings. The molecule has 0 spiro atoms. The highest BCUT2D eigenvalue weighted by Crippen LogP contribution is 2.39. The van der Waals surface area contributed by atoms with Gasteiger partial charge in [0.05, 0.1) is 6.04 Å². The highest BCUT2D eigenvalue weighted by atomic mass is 15.6. The number of nitrogens with zero attached hydrogens (tertiary/aromatic N) is 5. The van der Waals surface area contributed by atoms with E-state index in [1.807, 2.05) is 18.2 Å². The number of fused-ring (bicyclic) bond motifs is 1. The van der Waals surface area contributed by atoms with E-state index in [1.54, 1.807) is 0 Å². The maximum absolute atomic E-state index is 4.41. The monoisotopic (exact) mass is 280 g/mol. The van der Waals surface area contributed by atoms with Crippen LogP contribution in [0.1, 0.15) is 30.9 Å². The average molecular weight is 280 g/mol. The van der Waals surface area contributed by atoms with Crippen LogP contribution in [0.25, 0.3) is 5.65 Å². The number of anilines is 1. The first kappa shape index (κ1) is 12.3. The Morgan fingerprint density at radius 2 is 1.95 bits per heavy atom. The van der Waals surface area contributed by atoms with Crippen molar-refractivity contribution >= 4 is 11.5 Å². The summed E-state index contributed by atoms with van der Waals surface area (Å²) in [7, 11) is 0. The first-order chi connectivity index (χ1) is 10.4. The molecule has 2 heterocycles. The number of tetrazole rings is 1. The molecule has 0 aliphatic heterocycles. The van der Waals surface area contributed by atoms with Crippen molar-refractivity contribution in [3.63, 3.8) is 0 Å². The van der Waals surface area contributed by atoms with Crippen molar-refractivity contribution in [2.45, 2.75) is 25.3 Å². The maximum Gasteiger partial charge on any atom is 0.200 e. The van der Waals surface area contributed by atoms with Gasteiger partial charge in [0.15, 0.2) is 5.65 Å². The second kappa shape index (κ2) is 5.12. The Kier molecular flexibility index (Phi) is 2.99. The van der Waals surface area contributed by atoms with E-state index in [1.165, 1.54) is 29.5 Å². The molecule has 1 atom stereocenters. The van der Waals surface area contributed by atoms with Crippen molar-refractivity contribution in [2.75, 3.05) is 5.32 Å². The molecule has 1 N–H and O–H groups in total. The molecule has 1 fully saturated rings. The summed E-state index contributed by atoms with van der Waals surface area (Å²) < 4.78 is 1.45. The molecule has 1 aliphatic carbocycles. The minimum Gasteiger partial charge on any atom is -0.361 e. The Morgan fingerprint density at radius 3 is 2.71 bits per heavy atom. The van der Waals surface area contributed by atoms with Gasteiger partial charge in [0.1, 0.15) is 5.82 Å². The zero-order chi connectivity index (χ0) is 14.1. The summed E-state index contributed by atoms with van der Waals surface area (Å²) in [4.78, 5) is 0. The van der Waals surface area contributed by atoms with Gasteiger partial charge in [-0.05, 0) is 46.9 Å². The van der Waals surface area contributed by atoms with Gasteiger partial charge in [0.25, 0.3) is 0 Å². The van der Waals surface area contributed by atoms with Crippen LogP contribution < -0.4 is 5.32 Å².